The Morgan fingerprint density at radius 3 is 2.33 bits per heavy atom. The topological polar surface area (TPSA) is 20.2 Å². The van der Waals surface area contributed by atoms with Crippen molar-refractivity contribution in [2.75, 3.05) is 0 Å². The summed E-state index contributed by atoms with van der Waals surface area (Å²) in [5, 5.41) is 11.0. The molecule has 0 bridgehead atoms. The molecule has 0 heterocycles. The van der Waals surface area contributed by atoms with Crippen molar-refractivity contribution in [1.82, 2.24) is 0 Å². The van der Waals surface area contributed by atoms with Crippen molar-refractivity contribution in [3.63, 3.8) is 0 Å². The molecule has 0 saturated carbocycles. The predicted molar refractivity (Wildman–Crippen MR) is 113 cm³/mol. The van der Waals surface area contributed by atoms with Crippen LogP contribution in [0, 0.1) is 0 Å². The summed E-state index contributed by atoms with van der Waals surface area (Å²) in [5.41, 5.74) is 7.12. The summed E-state index contributed by atoms with van der Waals surface area (Å²) >= 11 is 0. The molecule has 1 aliphatic carbocycles. The zero-order chi connectivity index (χ0) is 19.0. The van der Waals surface area contributed by atoms with E-state index in [1.807, 2.05) is 12.1 Å². The number of fused-ring (bicyclic) bond motifs is 1. The summed E-state index contributed by atoms with van der Waals surface area (Å²) in [6.45, 7) is 6.62. The molecule has 0 saturated heterocycles. The molecule has 1 N–H and O–H groups in total. The molecule has 0 fully saturated rings. The number of aryl methyl sites for hydroxylation is 1. The van der Waals surface area contributed by atoms with Crippen LogP contribution in [0.1, 0.15) is 60.1 Å². The molecule has 0 radical (unpaired) electrons. The Labute approximate surface area is 162 Å². The minimum atomic E-state index is -0.294. The summed E-state index contributed by atoms with van der Waals surface area (Å²) in [7, 11) is 0. The van der Waals surface area contributed by atoms with Crippen LogP contribution in [0.4, 0.5) is 0 Å². The third-order valence-corrected chi connectivity index (χ3v) is 5.93. The van der Waals surface area contributed by atoms with Gasteiger partial charge in [-0.3, -0.25) is 0 Å². The molecule has 136 valence electrons. The van der Waals surface area contributed by atoms with Crippen molar-refractivity contribution < 1.29 is 5.11 Å². The van der Waals surface area contributed by atoms with Crippen LogP contribution < -0.4 is 0 Å². The number of allylic oxidation sites excluding steroid dienone is 1. The molecular formula is C26H26O. The number of benzene rings is 3. The van der Waals surface area contributed by atoms with Gasteiger partial charge >= 0.3 is 0 Å². The van der Waals surface area contributed by atoms with Gasteiger partial charge in [0.15, 0.2) is 0 Å². The van der Waals surface area contributed by atoms with E-state index in [1.54, 1.807) is 0 Å². The molecule has 1 heteroatoms. The zero-order valence-electron chi connectivity index (χ0n) is 16.2. The third-order valence-electron chi connectivity index (χ3n) is 5.93. The first-order valence-electron chi connectivity index (χ1n) is 9.72. The molecule has 3 aromatic rings. The van der Waals surface area contributed by atoms with Gasteiger partial charge in [-0.05, 0) is 40.3 Å². The Morgan fingerprint density at radius 2 is 1.59 bits per heavy atom. The minimum Gasteiger partial charge on any atom is -0.508 e. The quantitative estimate of drug-likeness (QED) is 0.571. The van der Waals surface area contributed by atoms with Gasteiger partial charge in [-0.25, -0.2) is 0 Å². The lowest BCUT2D eigenvalue weighted by Gasteiger charge is -2.32. The molecule has 0 amide bonds. The van der Waals surface area contributed by atoms with E-state index in [-0.39, 0.29) is 11.3 Å². The van der Waals surface area contributed by atoms with E-state index >= 15 is 0 Å². The van der Waals surface area contributed by atoms with Gasteiger partial charge in [0.25, 0.3) is 0 Å². The highest BCUT2D eigenvalue weighted by Gasteiger charge is 2.34. The number of aromatic hydroxyl groups is 1. The Balaban J connectivity index is 1.98. The van der Waals surface area contributed by atoms with Gasteiger partial charge in [0.2, 0.25) is 0 Å². The van der Waals surface area contributed by atoms with Crippen LogP contribution in [-0.2, 0) is 11.8 Å². The standard InChI is InChI=1S/C26H26O/c1-4-18-15-17-23(27)25(26(2,3)20-11-6-5-7-12-20)24(18)22-16-14-19-10-8-9-13-21(19)22/h5-17,22,27H,4H2,1-3H3. The van der Waals surface area contributed by atoms with Crippen molar-refractivity contribution >= 4 is 6.08 Å². The van der Waals surface area contributed by atoms with Gasteiger partial charge in [-0.1, -0.05) is 93.6 Å². The maximum atomic E-state index is 11.0. The smallest absolute Gasteiger partial charge is 0.119 e. The van der Waals surface area contributed by atoms with Crippen LogP contribution in [0.3, 0.4) is 0 Å². The Morgan fingerprint density at radius 1 is 0.889 bits per heavy atom. The predicted octanol–water partition coefficient (Wildman–Crippen LogP) is 6.44. The lowest BCUT2D eigenvalue weighted by Crippen LogP contribution is -2.23. The fourth-order valence-electron chi connectivity index (χ4n) is 4.47. The zero-order valence-corrected chi connectivity index (χ0v) is 16.2. The van der Waals surface area contributed by atoms with E-state index in [0.717, 1.165) is 12.0 Å². The number of hydrogen-bond donors (Lipinski definition) is 1. The Bertz CT molecular complexity index is 996. The van der Waals surface area contributed by atoms with Gasteiger partial charge in [0.1, 0.15) is 5.75 Å². The molecule has 1 nitrogen and oxygen atoms in total. The molecule has 1 aliphatic rings. The number of phenolic OH excluding ortho intramolecular Hbond substituents is 1. The van der Waals surface area contributed by atoms with Gasteiger partial charge in [-0.2, -0.15) is 0 Å². The summed E-state index contributed by atoms with van der Waals surface area (Å²) < 4.78 is 0. The molecule has 27 heavy (non-hydrogen) atoms. The van der Waals surface area contributed by atoms with Crippen LogP contribution in [0.15, 0.2) is 72.8 Å². The molecule has 1 unspecified atom stereocenters. The van der Waals surface area contributed by atoms with E-state index < -0.39 is 0 Å². The molecule has 0 aliphatic heterocycles. The van der Waals surface area contributed by atoms with Crippen molar-refractivity contribution in [3.8, 4) is 5.75 Å². The summed E-state index contributed by atoms with van der Waals surface area (Å²) in [5.74, 6) is 0.565. The lowest BCUT2D eigenvalue weighted by atomic mass is 9.71. The van der Waals surface area contributed by atoms with E-state index in [1.165, 1.54) is 27.8 Å². The van der Waals surface area contributed by atoms with Gasteiger partial charge in [0, 0.05) is 16.9 Å². The lowest BCUT2D eigenvalue weighted by molar-refractivity contribution is 0.450. The first-order chi connectivity index (χ1) is 13.0. The summed E-state index contributed by atoms with van der Waals surface area (Å²) in [6, 6.07) is 23.0. The average Bonchev–Trinajstić information content (AvgIpc) is 3.12. The summed E-state index contributed by atoms with van der Waals surface area (Å²) in [6.07, 6.45) is 5.44. The van der Waals surface area contributed by atoms with Crippen molar-refractivity contribution in [2.45, 2.75) is 38.5 Å². The first-order valence-corrected chi connectivity index (χ1v) is 9.72. The fraction of sp³-hybridized carbons (Fsp3) is 0.231. The highest BCUT2D eigenvalue weighted by Crippen LogP contribution is 2.47. The molecular weight excluding hydrogens is 328 g/mol. The molecule has 0 aromatic heterocycles. The second kappa shape index (κ2) is 6.74. The minimum absolute atomic E-state index is 0.182. The Hall–Kier alpha value is -2.80. The molecule has 1 atom stereocenters. The SMILES string of the molecule is CCc1ccc(O)c(C(C)(C)c2ccccc2)c1C1C=Cc2ccccc21. The van der Waals surface area contributed by atoms with Crippen molar-refractivity contribution in [2.24, 2.45) is 0 Å². The fourth-order valence-corrected chi connectivity index (χ4v) is 4.47. The Kier molecular flexibility index (Phi) is 4.39. The van der Waals surface area contributed by atoms with Gasteiger partial charge in [-0.15, -0.1) is 0 Å². The second-order valence-corrected chi connectivity index (χ2v) is 7.84. The van der Waals surface area contributed by atoms with E-state index in [2.05, 4.69) is 87.5 Å². The first kappa shape index (κ1) is 17.6. The maximum absolute atomic E-state index is 11.0. The van der Waals surface area contributed by atoms with Crippen LogP contribution in [0.5, 0.6) is 5.75 Å². The number of hydrogen-bond acceptors (Lipinski definition) is 1. The number of rotatable bonds is 4. The van der Waals surface area contributed by atoms with Crippen LogP contribution in [-0.4, -0.2) is 5.11 Å². The second-order valence-electron chi connectivity index (χ2n) is 7.84. The maximum Gasteiger partial charge on any atom is 0.119 e. The average molecular weight is 354 g/mol. The van der Waals surface area contributed by atoms with Crippen LogP contribution in [0.2, 0.25) is 0 Å². The number of phenols is 1. The normalized spacial score (nSPS) is 15.7. The molecule has 4 rings (SSSR count). The highest BCUT2D eigenvalue weighted by molar-refractivity contribution is 5.68. The van der Waals surface area contributed by atoms with Crippen molar-refractivity contribution in [1.29, 1.82) is 0 Å². The van der Waals surface area contributed by atoms with E-state index in [0.29, 0.717) is 5.75 Å². The monoisotopic (exact) mass is 354 g/mol. The molecule has 0 spiro atoms. The largest absolute Gasteiger partial charge is 0.508 e. The van der Waals surface area contributed by atoms with Crippen LogP contribution in [0.25, 0.3) is 6.08 Å². The van der Waals surface area contributed by atoms with E-state index in [9.17, 15) is 5.11 Å². The third kappa shape index (κ3) is 2.88. The van der Waals surface area contributed by atoms with Crippen LogP contribution >= 0.6 is 0 Å². The molecule has 3 aromatic carbocycles. The van der Waals surface area contributed by atoms with Gasteiger partial charge < -0.3 is 5.11 Å². The summed E-state index contributed by atoms with van der Waals surface area (Å²) in [4.78, 5) is 0. The van der Waals surface area contributed by atoms with Gasteiger partial charge in [0.05, 0.1) is 0 Å². The van der Waals surface area contributed by atoms with Crippen molar-refractivity contribution in [3.05, 3.63) is 106 Å². The van der Waals surface area contributed by atoms with E-state index in [4.69, 9.17) is 0 Å². The highest BCUT2D eigenvalue weighted by atomic mass is 16.3.